The first-order valence-electron chi connectivity index (χ1n) is 9.17. The first-order chi connectivity index (χ1) is 13.5. The molecule has 0 spiro atoms. The van der Waals surface area contributed by atoms with Gasteiger partial charge in [0, 0.05) is 11.6 Å². The smallest absolute Gasteiger partial charge is 0.301 e. The van der Waals surface area contributed by atoms with E-state index in [0.717, 1.165) is 37.8 Å². The summed E-state index contributed by atoms with van der Waals surface area (Å²) >= 11 is 1.23. The van der Waals surface area contributed by atoms with Gasteiger partial charge in [-0.25, -0.2) is 13.4 Å². The molecule has 29 heavy (non-hydrogen) atoms. The molecular formula is C19H21F3N2O3S2. The van der Waals surface area contributed by atoms with E-state index in [-0.39, 0.29) is 11.5 Å². The lowest BCUT2D eigenvalue weighted by atomic mass is 9.74. The van der Waals surface area contributed by atoms with Crippen molar-refractivity contribution in [3.05, 3.63) is 41.4 Å². The molecule has 1 aliphatic rings. The molecule has 1 amide bonds. The van der Waals surface area contributed by atoms with Gasteiger partial charge in [0.1, 0.15) is 0 Å². The molecule has 2 aromatic rings. The average molecular weight is 447 g/mol. The number of nitrogens with one attached hydrogen (secondary N) is 1. The summed E-state index contributed by atoms with van der Waals surface area (Å²) in [7, 11) is -5.50. The molecule has 1 aliphatic carbocycles. The molecule has 1 aromatic carbocycles. The number of hydrogen-bond acceptors (Lipinski definition) is 5. The number of thiazole rings is 1. The Hall–Kier alpha value is -1.94. The third-order valence-corrected chi connectivity index (χ3v) is 7.58. The van der Waals surface area contributed by atoms with Gasteiger partial charge in [-0.05, 0) is 37.0 Å². The molecular weight excluding hydrogens is 425 g/mol. The summed E-state index contributed by atoms with van der Waals surface area (Å²) in [5, 5.41) is 4.80. The molecule has 1 aromatic heterocycles. The van der Waals surface area contributed by atoms with Crippen LogP contribution in [-0.4, -0.2) is 24.8 Å². The first kappa shape index (κ1) is 21.8. The van der Waals surface area contributed by atoms with Crippen molar-refractivity contribution < 1.29 is 26.4 Å². The van der Waals surface area contributed by atoms with Crippen molar-refractivity contribution in [1.29, 1.82) is 0 Å². The van der Waals surface area contributed by atoms with Crippen LogP contribution in [0.2, 0.25) is 0 Å². The first-order valence-corrected chi connectivity index (χ1v) is 11.5. The fraction of sp³-hybridized carbons (Fsp3) is 0.474. The molecule has 1 N–H and O–H groups in total. The standard InChI is InChI=1S/C19H21F3N2O3S2/c1-18(12-13-5-2-3-6-13,16(25)24-17-23-9-10-28-17)14-7-4-8-15(11-14)29(26,27)19(20,21)22/h4,7-11,13H,2-3,5-6,12H2,1H3,(H,23,24,25). The van der Waals surface area contributed by atoms with Crippen LogP contribution in [0.3, 0.4) is 0 Å². The number of halogens is 3. The molecule has 0 aliphatic heterocycles. The molecule has 5 nitrogen and oxygen atoms in total. The Morgan fingerprint density at radius 2 is 1.97 bits per heavy atom. The van der Waals surface area contributed by atoms with Crippen LogP contribution in [-0.2, 0) is 20.0 Å². The number of nitrogens with zero attached hydrogens (tertiary/aromatic N) is 1. The average Bonchev–Trinajstić information content (AvgIpc) is 3.35. The highest BCUT2D eigenvalue weighted by atomic mass is 32.2. The van der Waals surface area contributed by atoms with E-state index in [9.17, 15) is 26.4 Å². The zero-order chi connectivity index (χ0) is 21.3. The van der Waals surface area contributed by atoms with Gasteiger partial charge in [0.15, 0.2) is 5.13 Å². The van der Waals surface area contributed by atoms with E-state index in [0.29, 0.717) is 11.6 Å². The third kappa shape index (κ3) is 4.48. The summed E-state index contributed by atoms with van der Waals surface area (Å²) in [5.41, 5.74) is -6.36. The number of benzene rings is 1. The van der Waals surface area contributed by atoms with E-state index < -0.39 is 31.6 Å². The summed E-state index contributed by atoms with van der Waals surface area (Å²) in [6, 6.07) is 4.63. The van der Waals surface area contributed by atoms with E-state index in [4.69, 9.17) is 0 Å². The van der Waals surface area contributed by atoms with Crippen LogP contribution >= 0.6 is 11.3 Å². The number of hydrogen-bond donors (Lipinski definition) is 1. The highest BCUT2D eigenvalue weighted by Crippen LogP contribution is 2.40. The minimum Gasteiger partial charge on any atom is -0.301 e. The molecule has 3 rings (SSSR count). The zero-order valence-electron chi connectivity index (χ0n) is 15.7. The monoisotopic (exact) mass is 446 g/mol. The van der Waals surface area contributed by atoms with E-state index in [2.05, 4.69) is 10.3 Å². The molecule has 1 saturated carbocycles. The Morgan fingerprint density at radius 3 is 2.55 bits per heavy atom. The molecule has 0 bridgehead atoms. The molecule has 0 saturated heterocycles. The normalized spacial score (nSPS) is 17.8. The molecule has 10 heteroatoms. The maximum Gasteiger partial charge on any atom is 0.501 e. The second-order valence-electron chi connectivity index (χ2n) is 7.46. The van der Waals surface area contributed by atoms with Gasteiger partial charge >= 0.3 is 5.51 Å². The van der Waals surface area contributed by atoms with E-state index in [1.807, 2.05) is 0 Å². The van der Waals surface area contributed by atoms with Crippen molar-refractivity contribution >= 4 is 32.2 Å². The highest BCUT2D eigenvalue weighted by molar-refractivity contribution is 7.92. The fourth-order valence-electron chi connectivity index (χ4n) is 3.79. The lowest BCUT2D eigenvalue weighted by Gasteiger charge is -2.31. The topological polar surface area (TPSA) is 76.1 Å². The van der Waals surface area contributed by atoms with Crippen LogP contribution in [0.15, 0.2) is 40.7 Å². The number of sulfone groups is 1. The number of carbonyl (C=O) groups excluding carboxylic acids is 1. The van der Waals surface area contributed by atoms with Crippen LogP contribution in [0.4, 0.5) is 18.3 Å². The summed E-state index contributed by atoms with van der Waals surface area (Å²) in [6.45, 7) is 1.65. The van der Waals surface area contributed by atoms with E-state index >= 15 is 0 Å². The van der Waals surface area contributed by atoms with Gasteiger partial charge in [0.25, 0.3) is 9.84 Å². The minimum atomic E-state index is -5.50. The zero-order valence-corrected chi connectivity index (χ0v) is 17.3. The number of amides is 1. The lowest BCUT2D eigenvalue weighted by Crippen LogP contribution is -2.39. The Bertz CT molecular complexity index is 969. The predicted molar refractivity (Wildman–Crippen MR) is 104 cm³/mol. The van der Waals surface area contributed by atoms with Crippen molar-refractivity contribution in [3.8, 4) is 0 Å². The second kappa shape index (κ2) is 8.06. The number of rotatable bonds is 6. The van der Waals surface area contributed by atoms with Crippen LogP contribution in [0, 0.1) is 5.92 Å². The molecule has 1 fully saturated rings. The molecule has 1 unspecified atom stereocenters. The number of aromatic nitrogens is 1. The second-order valence-corrected chi connectivity index (χ2v) is 10.3. The number of alkyl halides is 3. The molecule has 158 valence electrons. The fourth-order valence-corrected chi connectivity index (χ4v) is 5.12. The summed E-state index contributed by atoms with van der Waals surface area (Å²) < 4.78 is 62.8. The van der Waals surface area contributed by atoms with Gasteiger partial charge < -0.3 is 5.32 Å². The van der Waals surface area contributed by atoms with Crippen molar-refractivity contribution in [3.63, 3.8) is 0 Å². The van der Waals surface area contributed by atoms with Gasteiger partial charge in [0.2, 0.25) is 5.91 Å². The Kier molecular flexibility index (Phi) is 6.05. The number of carbonyl (C=O) groups is 1. The van der Waals surface area contributed by atoms with Gasteiger partial charge in [-0.2, -0.15) is 13.2 Å². The maximum atomic E-state index is 13.2. The SMILES string of the molecule is CC(CC1CCCC1)(C(=O)Nc1nccs1)c1cccc(S(=O)(=O)C(F)(F)F)c1. The molecule has 1 atom stereocenters. The summed E-state index contributed by atoms with van der Waals surface area (Å²) in [4.78, 5) is 16.3. The molecule has 0 radical (unpaired) electrons. The van der Waals surface area contributed by atoms with Crippen molar-refractivity contribution in [1.82, 2.24) is 4.98 Å². The summed E-state index contributed by atoms with van der Waals surface area (Å²) in [5.74, 6) is -0.175. The largest absolute Gasteiger partial charge is 0.501 e. The lowest BCUT2D eigenvalue weighted by molar-refractivity contribution is -0.121. The third-order valence-electron chi connectivity index (χ3n) is 5.41. The Labute approximate surface area is 171 Å². The minimum absolute atomic E-state index is 0.240. The van der Waals surface area contributed by atoms with Crippen molar-refractivity contribution in [2.24, 2.45) is 5.92 Å². The predicted octanol–water partition coefficient (Wildman–Crippen LogP) is 4.91. The van der Waals surface area contributed by atoms with E-state index in [1.54, 1.807) is 12.3 Å². The van der Waals surface area contributed by atoms with Crippen molar-refractivity contribution in [2.75, 3.05) is 5.32 Å². The van der Waals surface area contributed by atoms with Crippen LogP contribution in [0.25, 0.3) is 0 Å². The Balaban J connectivity index is 2.01. The molecule has 1 heterocycles. The van der Waals surface area contributed by atoms with Crippen LogP contribution in [0.5, 0.6) is 0 Å². The van der Waals surface area contributed by atoms with Gasteiger partial charge in [-0.1, -0.05) is 37.8 Å². The highest BCUT2D eigenvalue weighted by Gasteiger charge is 2.47. The summed E-state index contributed by atoms with van der Waals surface area (Å²) in [6.07, 6.45) is 5.89. The number of anilines is 1. The van der Waals surface area contributed by atoms with Gasteiger partial charge in [0.05, 0.1) is 10.3 Å². The Morgan fingerprint density at radius 1 is 1.28 bits per heavy atom. The van der Waals surface area contributed by atoms with Crippen LogP contribution in [0.1, 0.15) is 44.6 Å². The van der Waals surface area contributed by atoms with Crippen molar-refractivity contribution in [2.45, 2.75) is 54.8 Å². The maximum absolute atomic E-state index is 13.2. The van der Waals surface area contributed by atoms with Crippen LogP contribution < -0.4 is 5.32 Å². The van der Waals surface area contributed by atoms with Gasteiger partial charge in [-0.15, -0.1) is 11.3 Å². The van der Waals surface area contributed by atoms with Gasteiger partial charge in [-0.3, -0.25) is 4.79 Å². The van der Waals surface area contributed by atoms with E-state index in [1.165, 1.54) is 29.7 Å². The quantitative estimate of drug-likeness (QED) is 0.684.